The highest BCUT2D eigenvalue weighted by atomic mass is 19.1. The van der Waals surface area contributed by atoms with Crippen molar-refractivity contribution in [2.24, 2.45) is 0 Å². The van der Waals surface area contributed by atoms with Crippen molar-refractivity contribution in [1.29, 1.82) is 0 Å². The lowest BCUT2D eigenvalue weighted by molar-refractivity contribution is 0.0692. The molecular weight excluding hydrogens is 359 g/mol. The highest BCUT2D eigenvalue weighted by molar-refractivity contribution is 5.95. The largest absolute Gasteiger partial charge is 0.477 e. The van der Waals surface area contributed by atoms with Crippen LogP contribution in [-0.4, -0.2) is 21.7 Å². The van der Waals surface area contributed by atoms with Crippen LogP contribution in [0, 0.1) is 5.82 Å². The average molecular weight is 386 g/mol. The molecule has 1 aliphatic heterocycles. The summed E-state index contributed by atoms with van der Waals surface area (Å²) in [5.41, 5.74) is 0.873. The molecular formula is C22H27FN2O3. The zero-order chi connectivity index (χ0) is 19.8. The van der Waals surface area contributed by atoms with Crippen molar-refractivity contribution in [3.8, 4) is 0 Å². The predicted molar refractivity (Wildman–Crippen MR) is 108 cm³/mol. The maximum atomic E-state index is 14.8. The number of hydrogen-bond acceptors (Lipinski definition) is 3. The van der Waals surface area contributed by atoms with Gasteiger partial charge in [0.25, 0.3) is 0 Å². The van der Waals surface area contributed by atoms with Crippen LogP contribution in [0.2, 0.25) is 0 Å². The summed E-state index contributed by atoms with van der Waals surface area (Å²) in [6, 6.07) is 3.32. The van der Waals surface area contributed by atoms with Gasteiger partial charge in [0.05, 0.1) is 11.2 Å². The first-order chi connectivity index (χ1) is 13.5. The summed E-state index contributed by atoms with van der Waals surface area (Å²) < 4.78 is 16.8. The molecule has 1 atom stereocenters. The number of rotatable bonds is 4. The molecule has 1 unspecified atom stereocenters. The molecule has 0 amide bonds. The molecule has 2 aromatic rings. The number of carbonyl (C=O) groups is 1. The third-order valence-corrected chi connectivity index (χ3v) is 6.36. The highest BCUT2D eigenvalue weighted by Crippen LogP contribution is 2.34. The molecule has 1 aliphatic carbocycles. The minimum Gasteiger partial charge on any atom is -0.477 e. The number of nitrogens with zero attached hydrogens (tertiary/aromatic N) is 1. The number of carboxylic acid groups (broad SMARTS) is 1. The van der Waals surface area contributed by atoms with Gasteiger partial charge in [-0.15, -0.1) is 0 Å². The fraction of sp³-hybridized carbons (Fsp3) is 0.545. The third kappa shape index (κ3) is 3.19. The van der Waals surface area contributed by atoms with E-state index in [0.717, 1.165) is 44.9 Å². The second-order valence-electron chi connectivity index (χ2n) is 8.11. The molecule has 5 nitrogen and oxygen atoms in total. The fourth-order valence-corrected chi connectivity index (χ4v) is 4.96. The van der Waals surface area contributed by atoms with Crippen molar-refractivity contribution in [3.63, 3.8) is 0 Å². The lowest BCUT2D eigenvalue weighted by atomic mass is 9.93. The van der Waals surface area contributed by atoms with Gasteiger partial charge in [0.1, 0.15) is 11.4 Å². The number of anilines is 1. The quantitative estimate of drug-likeness (QED) is 0.786. The third-order valence-electron chi connectivity index (χ3n) is 6.36. The standard InChI is InChI=1S/C22H27FN2O3/c1-2-14-9-6-10-18-20(22(27)28)21(26)15-11-16(23)17(12-19(15)25(14)18)24-13-7-4-3-5-8-13/h11-14,24H,2-10H2,1H3,(H,27,28). The molecule has 6 heteroatoms. The molecule has 1 aromatic carbocycles. The number of pyridine rings is 1. The van der Waals surface area contributed by atoms with Gasteiger partial charge in [-0.2, -0.15) is 0 Å². The number of aromatic carboxylic acids is 1. The van der Waals surface area contributed by atoms with Gasteiger partial charge >= 0.3 is 5.97 Å². The van der Waals surface area contributed by atoms with Gasteiger partial charge in [0.2, 0.25) is 5.43 Å². The summed E-state index contributed by atoms with van der Waals surface area (Å²) in [6.07, 6.45) is 8.73. The normalized spacial score (nSPS) is 20.1. The summed E-state index contributed by atoms with van der Waals surface area (Å²) in [4.78, 5) is 24.7. The van der Waals surface area contributed by atoms with Crippen LogP contribution in [0.5, 0.6) is 0 Å². The topological polar surface area (TPSA) is 71.3 Å². The molecule has 1 fully saturated rings. The Kier molecular flexibility index (Phi) is 5.13. The number of fused-ring (bicyclic) bond motifs is 3. The molecule has 4 rings (SSSR count). The van der Waals surface area contributed by atoms with Crippen LogP contribution in [0.1, 0.15) is 80.4 Å². The molecule has 2 N–H and O–H groups in total. The summed E-state index contributed by atoms with van der Waals surface area (Å²) >= 11 is 0. The van der Waals surface area contributed by atoms with Gasteiger partial charge in [0, 0.05) is 23.2 Å². The van der Waals surface area contributed by atoms with E-state index in [1.807, 2.05) is 4.57 Å². The van der Waals surface area contributed by atoms with Crippen molar-refractivity contribution >= 4 is 22.6 Å². The van der Waals surface area contributed by atoms with E-state index in [1.54, 1.807) is 6.07 Å². The number of benzene rings is 1. The Bertz CT molecular complexity index is 976. The second kappa shape index (κ2) is 7.57. The van der Waals surface area contributed by atoms with Crippen LogP contribution in [0.3, 0.4) is 0 Å². The number of aromatic nitrogens is 1. The summed E-state index contributed by atoms with van der Waals surface area (Å²) in [6.45, 7) is 2.06. The molecule has 150 valence electrons. The number of nitrogens with one attached hydrogen (secondary N) is 1. The van der Waals surface area contributed by atoms with E-state index >= 15 is 0 Å². The zero-order valence-corrected chi connectivity index (χ0v) is 16.3. The van der Waals surface area contributed by atoms with Gasteiger partial charge < -0.3 is 15.0 Å². The Labute approximate surface area is 163 Å². The smallest absolute Gasteiger partial charge is 0.341 e. The molecule has 0 spiro atoms. The zero-order valence-electron chi connectivity index (χ0n) is 16.3. The molecule has 0 bridgehead atoms. The maximum Gasteiger partial charge on any atom is 0.341 e. The molecule has 2 aliphatic rings. The van der Waals surface area contributed by atoms with Crippen LogP contribution >= 0.6 is 0 Å². The summed E-state index contributed by atoms with van der Waals surface area (Å²) in [5, 5.41) is 13.2. The fourth-order valence-electron chi connectivity index (χ4n) is 4.96. The van der Waals surface area contributed by atoms with E-state index in [9.17, 15) is 19.1 Å². The van der Waals surface area contributed by atoms with Crippen LogP contribution in [-0.2, 0) is 6.42 Å². The van der Waals surface area contributed by atoms with E-state index in [1.165, 1.54) is 12.5 Å². The van der Waals surface area contributed by atoms with Crippen LogP contribution in [0.25, 0.3) is 10.9 Å². The number of carboxylic acids is 1. The summed E-state index contributed by atoms with van der Waals surface area (Å²) in [7, 11) is 0. The van der Waals surface area contributed by atoms with Gasteiger partial charge in [-0.3, -0.25) is 4.79 Å². The summed E-state index contributed by atoms with van der Waals surface area (Å²) in [5.74, 6) is -1.71. The molecule has 1 saturated carbocycles. The second-order valence-corrected chi connectivity index (χ2v) is 8.11. The van der Waals surface area contributed by atoms with Gasteiger partial charge in [-0.1, -0.05) is 26.2 Å². The van der Waals surface area contributed by atoms with E-state index in [-0.39, 0.29) is 23.0 Å². The Morgan fingerprint density at radius 2 is 1.96 bits per heavy atom. The van der Waals surface area contributed by atoms with Gasteiger partial charge in [-0.25, -0.2) is 9.18 Å². The first kappa shape index (κ1) is 19.0. The van der Waals surface area contributed by atoms with Crippen molar-refractivity contribution in [2.45, 2.75) is 76.8 Å². The Morgan fingerprint density at radius 1 is 1.21 bits per heavy atom. The predicted octanol–water partition coefficient (Wildman–Crippen LogP) is 4.87. The minimum absolute atomic E-state index is 0.123. The average Bonchev–Trinajstić information content (AvgIpc) is 2.69. The van der Waals surface area contributed by atoms with E-state index in [0.29, 0.717) is 23.3 Å². The van der Waals surface area contributed by atoms with Crippen LogP contribution in [0.15, 0.2) is 16.9 Å². The van der Waals surface area contributed by atoms with Crippen molar-refractivity contribution < 1.29 is 14.3 Å². The lowest BCUT2D eigenvalue weighted by Crippen LogP contribution is -2.29. The first-order valence-electron chi connectivity index (χ1n) is 10.4. The van der Waals surface area contributed by atoms with E-state index < -0.39 is 17.2 Å². The van der Waals surface area contributed by atoms with Gasteiger partial charge in [0.15, 0.2) is 0 Å². The number of hydrogen-bond donors (Lipinski definition) is 2. The van der Waals surface area contributed by atoms with Crippen molar-refractivity contribution in [3.05, 3.63) is 39.4 Å². The van der Waals surface area contributed by atoms with Gasteiger partial charge in [-0.05, 0) is 50.7 Å². The molecule has 0 radical (unpaired) electrons. The molecule has 1 aromatic heterocycles. The van der Waals surface area contributed by atoms with Crippen LogP contribution in [0.4, 0.5) is 10.1 Å². The Morgan fingerprint density at radius 3 is 2.64 bits per heavy atom. The number of halogens is 1. The molecule has 0 saturated heterocycles. The monoisotopic (exact) mass is 386 g/mol. The van der Waals surface area contributed by atoms with Crippen molar-refractivity contribution in [2.75, 3.05) is 5.32 Å². The Balaban J connectivity index is 1.93. The Hall–Kier alpha value is -2.37. The van der Waals surface area contributed by atoms with E-state index in [2.05, 4.69) is 12.2 Å². The minimum atomic E-state index is -1.22. The SMILES string of the molecule is CCC1CCCc2c(C(=O)O)c(=O)c3cc(F)c(NC4CCCCC4)cc3n21. The lowest BCUT2D eigenvalue weighted by Gasteiger charge is -2.31. The highest BCUT2D eigenvalue weighted by Gasteiger charge is 2.28. The first-order valence-corrected chi connectivity index (χ1v) is 10.4. The van der Waals surface area contributed by atoms with Crippen molar-refractivity contribution in [1.82, 2.24) is 4.57 Å². The molecule has 2 heterocycles. The molecule has 28 heavy (non-hydrogen) atoms. The maximum absolute atomic E-state index is 14.8. The van der Waals surface area contributed by atoms with E-state index in [4.69, 9.17) is 0 Å². The van der Waals surface area contributed by atoms with Crippen LogP contribution < -0.4 is 10.7 Å².